The van der Waals surface area contributed by atoms with Crippen LogP contribution in [0.15, 0.2) is 0 Å². The Hall–Kier alpha value is -0.540. The molecule has 3 atom stereocenters. The lowest BCUT2D eigenvalue weighted by Crippen LogP contribution is -2.37. The van der Waals surface area contributed by atoms with Gasteiger partial charge in [-0.15, -0.1) is 0 Å². The van der Waals surface area contributed by atoms with Gasteiger partial charge in [-0.2, -0.15) is 5.10 Å². The monoisotopic (exact) mass is 269 g/mol. The molecule has 1 aromatic heterocycles. The van der Waals surface area contributed by atoms with Crippen LogP contribution in [0.5, 0.6) is 0 Å². The molecule has 0 spiro atoms. The summed E-state index contributed by atoms with van der Waals surface area (Å²) in [5.74, 6) is 1.33. The highest BCUT2D eigenvalue weighted by atomic mass is 35.5. The largest absolute Gasteiger partial charge is 0.327 e. The zero-order valence-electron chi connectivity index (χ0n) is 11.6. The maximum Gasteiger partial charge on any atom is 0.0849 e. The van der Waals surface area contributed by atoms with Crippen molar-refractivity contribution in [2.75, 3.05) is 0 Å². The lowest BCUT2D eigenvalue weighted by molar-refractivity contribution is 0.242. The Labute approximate surface area is 115 Å². The zero-order valence-corrected chi connectivity index (χ0v) is 12.4. The molecule has 0 bridgehead atoms. The number of nitrogens with two attached hydrogens (primary N) is 1. The zero-order chi connectivity index (χ0) is 13.3. The Balaban J connectivity index is 2.15. The first-order valence-electron chi connectivity index (χ1n) is 6.98. The standard InChI is InChI=1S/C14H24ClN3/c1-4-12-14(15)13(18(3)17-12)8-10-7-9(2)5-6-11(10)16/h9-11H,4-8,16H2,1-3H3. The summed E-state index contributed by atoms with van der Waals surface area (Å²) in [4.78, 5) is 0. The van der Waals surface area contributed by atoms with Crippen molar-refractivity contribution in [3.05, 3.63) is 16.4 Å². The molecule has 0 amide bonds. The molecule has 4 heteroatoms. The Kier molecular flexibility index (Phi) is 4.33. The van der Waals surface area contributed by atoms with Crippen LogP contribution in [0.3, 0.4) is 0 Å². The molecule has 3 unspecified atom stereocenters. The van der Waals surface area contributed by atoms with Crippen molar-refractivity contribution >= 4 is 11.6 Å². The first-order chi connectivity index (χ1) is 8.52. The summed E-state index contributed by atoms with van der Waals surface area (Å²) < 4.78 is 1.94. The van der Waals surface area contributed by atoms with Crippen LogP contribution in [0.2, 0.25) is 5.02 Å². The van der Waals surface area contributed by atoms with Gasteiger partial charge in [0.25, 0.3) is 0 Å². The third-order valence-electron chi connectivity index (χ3n) is 4.26. The van der Waals surface area contributed by atoms with Crippen molar-refractivity contribution in [1.29, 1.82) is 0 Å². The number of aryl methyl sites for hydroxylation is 2. The first kappa shape index (κ1) is 13.9. The molecule has 1 fully saturated rings. The molecule has 0 aromatic carbocycles. The Morgan fingerprint density at radius 1 is 1.44 bits per heavy atom. The fourth-order valence-corrected chi connectivity index (χ4v) is 3.42. The summed E-state index contributed by atoms with van der Waals surface area (Å²) >= 11 is 6.41. The van der Waals surface area contributed by atoms with Crippen LogP contribution in [-0.2, 0) is 19.9 Å². The van der Waals surface area contributed by atoms with E-state index in [-0.39, 0.29) is 0 Å². The summed E-state index contributed by atoms with van der Waals surface area (Å²) in [6, 6.07) is 0.317. The average molecular weight is 270 g/mol. The predicted octanol–water partition coefficient (Wildman–Crippen LogP) is 2.94. The number of aromatic nitrogens is 2. The third kappa shape index (κ3) is 2.72. The second kappa shape index (κ2) is 5.62. The number of rotatable bonds is 3. The Bertz CT molecular complexity index is 413. The van der Waals surface area contributed by atoms with Gasteiger partial charge in [0, 0.05) is 13.1 Å². The van der Waals surface area contributed by atoms with Gasteiger partial charge < -0.3 is 5.73 Å². The van der Waals surface area contributed by atoms with Gasteiger partial charge in [-0.05, 0) is 43.9 Å². The molecule has 18 heavy (non-hydrogen) atoms. The Morgan fingerprint density at radius 3 is 2.78 bits per heavy atom. The van der Waals surface area contributed by atoms with E-state index in [1.807, 2.05) is 11.7 Å². The van der Waals surface area contributed by atoms with Crippen LogP contribution >= 0.6 is 11.6 Å². The number of hydrogen-bond acceptors (Lipinski definition) is 2. The number of halogens is 1. The minimum atomic E-state index is 0.317. The fraction of sp³-hybridized carbons (Fsp3) is 0.786. The highest BCUT2D eigenvalue weighted by Gasteiger charge is 2.28. The molecule has 2 N–H and O–H groups in total. The van der Waals surface area contributed by atoms with Crippen molar-refractivity contribution in [3.63, 3.8) is 0 Å². The van der Waals surface area contributed by atoms with Gasteiger partial charge in [-0.1, -0.05) is 25.4 Å². The van der Waals surface area contributed by atoms with E-state index < -0.39 is 0 Å². The van der Waals surface area contributed by atoms with Gasteiger partial charge >= 0.3 is 0 Å². The summed E-state index contributed by atoms with van der Waals surface area (Å²) in [5, 5.41) is 5.33. The molecule has 1 aliphatic rings. The third-order valence-corrected chi connectivity index (χ3v) is 4.70. The van der Waals surface area contributed by atoms with E-state index in [1.54, 1.807) is 0 Å². The average Bonchev–Trinajstić information content (AvgIpc) is 2.61. The quantitative estimate of drug-likeness (QED) is 0.917. The highest BCUT2D eigenvalue weighted by Crippen LogP contribution is 2.32. The molecule has 1 aliphatic carbocycles. The van der Waals surface area contributed by atoms with Gasteiger partial charge in [-0.3, -0.25) is 4.68 Å². The van der Waals surface area contributed by atoms with Gasteiger partial charge in [0.05, 0.1) is 16.4 Å². The normalized spacial score (nSPS) is 28.6. The molecule has 0 aliphatic heterocycles. The van der Waals surface area contributed by atoms with Crippen molar-refractivity contribution in [1.82, 2.24) is 9.78 Å². The molecule has 102 valence electrons. The van der Waals surface area contributed by atoms with Gasteiger partial charge in [0.1, 0.15) is 0 Å². The van der Waals surface area contributed by atoms with Gasteiger partial charge in [0.2, 0.25) is 0 Å². The van der Waals surface area contributed by atoms with Crippen molar-refractivity contribution in [2.24, 2.45) is 24.6 Å². The molecule has 0 saturated heterocycles. The molecule has 1 saturated carbocycles. The summed E-state index contributed by atoms with van der Waals surface area (Å²) in [6.07, 6.45) is 5.47. The van der Waals surface area contributed by atoms with E-state index in [1.165, 1.54) is 12.8 Å². The maximum absolute atomic E-state index is 6.41. The number of hydrogen-bond donors (Lipinski definition) is 1. The van der Waals surface area contributed by atoms with Crippen LogP contribution in [-0.4, -0.2) is 15.8 Å². The smallest absolute Gasteiger partial charge is 0.0849 e. The van der Waals surface area contributed by atoms with E-state index in [9.17, 15) is 0 Å². The summed E-state index contributed by atoms with van der Waals surface area (Å²) in [6.45, 7) is 4.41. The van der Waals surface area contributed by atoms with Gasteiger partial charge in [0.15, 0.2) is 0 Å². The van der Waals surface area contributed by atoms with E-state index >= 15 is 0 Å². The number of nitrogens with zero attached hydrogens (tertiary/aromatic N) is 2. The second-order valence-electron chi connectivity index (χ2n) is 5.73. The van der Waals surface area contributed by atoms with E-state index in [0.29, 0.717) is 12.0 Å². The van der Waals surface area contributed by atoms with Crippen LogP contribution in [0, 0.1) is 11.8 Å². The lowest BCUT2D eigenvalue weighted by Gasteiger charge is -2.32. The molecule has 2 rings (SSSR count). The maximum atomic E-state index is 6.41. The second-order valence-corrected chi connectivity index (χ2v) is 6.11. The molecule has 0 radical (unpaired) electrons. The van der Waals surface area contributed by atoms with Crippen LogP contribution in [0.25, 0.3) is 0 Å². The molecule has 1 heterocycles. The topological polar surface area (TPSA) is 43.8 Å². The van der Waals surface area contributed by atoms with Crippen molar-refractivity contribution < 1.29 is 0 Å². The molecular weight excluding hydrogens is 246 g/mol. The summed E-state index contributed by atoms with van der Waals surface area (Å²) in [5.41, 5.74) is 8.42. The first-order valence-corrected chi connectivity index (χ1v) is 7.36. The van der Waals surface area contributed by atoms with Crippen LogP contribution < -0.4 is 5.73 Å². The van der Waals surface area contributed by atoms with E-state index in [0.717, 1.165) is 41.6 Å². The lowest BCUT2D eigenvalue weighted by atomic mass is 9.77. The minimum Gasteiger partial charge on any atom is -0.327 e. The molecule has 3 nitrogen and oxygen atoms in total. The fourth-order valence-electron chi connectivity index (χ4n) is 3.05. The minimum absolute atomic E-state index is 0.317. The van der Waals surface area contributed by atoms with E-state index in [4.69, 9.17) is 17.3 Å². The highest BCUT2D eigenvalue weighted by molar-refractivity contribution is 6.31. The van der Waals surface area contributed by atoms with E-state index in [2.05, 4.69) is 18.9 Å². The van der Waals surface area contributed by atoms with Crippen LogP contribution in [0.1, 0.15) is 44.5 Å². The molecule has 1 aromatic rings. The van der Waals surface area contributed by atoms with Gasteiger partial charge in [-0.25, -0.2) is 0 Å². The SMILES string of the molecule is CCc1nn(C)c(CC2CC(C)CCC2N)c1Cl. The van der Waals surface area contributed by atoms with Crippen molar-refractivity contribution in [3.8, 4) is 0 Å². The summed E-state index contributed by atoms with van der Waals surface area (Å²) in [7, 11) is 1.98. The van der Waals surface area contributed by atoms with Crippen LogP contribution in [0.4, 0.5) is 0 Å². The van der Waals surface area contributed by atoms with Crippen molar-refractivity contribution in [2.45, 2.75) is 52.0 Å². The molecular formula is C14H24ClN3. The Morgan fingerprint density at radius 2 is 2.17 bits per heavy atom. The predicted molar refractivity (Wildman–Crippen MR) is 75.8 cm³/mol.